The maximum absolute atomic E-state index is 12.0. The third kappa shape index (κ3) is 4.41. The number of nitrogens with zero attached hydrogens (tertiary/aromatic N) is 2. The Balaban J connectivity index is 1.81. The number of unbranched alkanes of at least 4 members (excludes halogenated alkanes) is 5. The summed E-state index contributed by atoms with van der Waals surface area (Å²) in [6.45, 7) is 4.69. The summed E-state index contributed by atoms with van der Waals surface area (Å²) in [5.41, 5.74) is 0. The summed E-state index contributed by atoms with van der Waals surface area (Å²) >= 11 is 1.14. The van der Waals surface area contributed by atoms with E-state index in [1.165, 1.54) is 25.7 Å². The summed E-state index contributed by atoms with van der Waals surface area (Å²) < 4.78 is 28.0. The predicted molar refractivity (Wildman–Crippen MR) is 86.5 cm³/mol. The Morgan fingerprint density at radius 2 is 1.90 bits per heavy atom. The van der Waals surface area contributed by atoms with Crippen molar-refractivity contribution in [1.82, 2.24) is 10.3 Å². The molecular weight excluding hydrogens is 308 g/mol. The minimum atomic E-state index is -3.61. The molecule has 0 fully saturated rings. The first kappa shape index (κ1) is 16.2. The fourth-order valence-corrected chi connectivity index (χ4v) is 4.42. The highest BCUT2D eigenvalue weighted by Gasteiger charge is 2.28. The molecule has 0 atom stereocenters. The summed E-state index contributed by atoms with van der Waals surface area (Å²) in [6.07, 6.45) is 7.17. The number of nitrogens with one attached hydrogen (secondary N) is 2. The van der Waals surface area contributed by atoms with Gasteiger partial charge in [-0.3, -0.25) is 0 Å². The van der Waals surface area contributed by atoms with Crippen molar-refractivity contribution in [3.63, 3.8) is 0 Å². The van der Waals surface area contributed by atoms with Gasteiger partial charge in [0.1, 0.15) is 0 Å². The molecule has 0 bridgehead atoms. The van der Waals surface area contributed by atoms with Gasteiger partial charge in [0, 0.05) is 6.54 Å². The Labute approximate surface area is 130 Å². The molecule has 1 aromatic rings. The molecule has 8 heteroatoms. The number of rotatable bonds is 7. The second-order valence-electron chi connectivity index (χ2n) is 5.10. The van der Waals surface area contributed by atoms with Gasteiger partial charge in [-0.15, -0.1) is 15.7 Å². The minimum Gasteiger partial charge on any atom is -0.355 e. The van der Waals surface area contributed by atoms with Gasteiger partial charge in [0.05, 0.1) is 5.01 Å². The van der Waals surface area contributed by atoms with Gasteiger partial charge < -0.3 is 10.6 Å². The second kappa shape index (κ2) is 7.22. The zero-order valence-corrected chi connectivity index (χ0v) is 14.1. The first-order valence-corrected chi connectivity index (χ1v) is 9.62. The Bertz CT molecular complexity index is 608. The van der Waals surface area contributed by atoms with Crippen LogP contribution in [0, 0.1) is 6.92 Å². The number of aromatic nitrogens is 1. The molecule has 2 N–H and O–H groups in total. The van der Waals surface area contributed by atoms with Crippen molar-refractivity contribution < 1.29 is 8.42 Å². The average Bonchev–Trinajstić information content (AvgIpc) is 2.79. The maximum Gasteiger partial charge on any atom is 0.298 e. The van der Waals surface area contributed by atoms with Crippen LogP contribution >= 0.6 is 11.3 Å². The van der Waals surface area contributed by atoms with Gasteiger partial charge in [-0.2, -0.15) is 8.42 Å². The van der Waals surface area contributed by atoms with Crippen LogP contribution in [0.25, 0.3) is 0 Å². The van der Waals surface area contributed by atoms with E-state index in [4.69, 9.17) is 0 Å². The monoisotopic (exact) mass is 330 g/mol. The molecule has 0 spiro atoms. The fourth-order valence-electron chi connectivity index (χ4n) is 2.15. The Morgan fingerprint density at radius 3 is 2.67 bits per heavy atom. The zero-order valence-electron chi connectivity index (χ0n) is 12.5. The number of anilines is 1. The smallest absolute Gasteiger partial charge is 0.298 e. The highest BCUT2D eigenvalue weighted by Crippen LogP contribution is 2.31. The van der Waals surface area contributed by atoms with Crippen molar-refractivity contribution in [2.75, 3.05) is 11.9 Å². The Hall–Kier alpha value is -1.15. The first-order valence-electron chi connectivity index (χ1n) is 7.36. The van der Waals surface area contributed by atoms with Gasteiger partial charge in [0.2, 0.25) is 5.96 Å². The van der Waals surface area contributed by atoms with E-state index in [-0.39, 0.29) is 10.2 Å². The van der Waals surface area contributed by atoms with E-state index in [9.17, 15) is 8.42 Å². The number of hydrogen-bond acceptors (Lipinski definition) is 6. The summed E-state index contributed by atoms with van der Waals surface area (Å²) in [5.74, 6) is 0.666. The molecule has 6 nitrogen and oxygen atoms in total. The van der Waals surface area contributed by atoms with E-state index >= 15 is 0 Å². The van der Waals surface area contributed by atoms with E-state index in [0.717, 1.165) is 24.2 Å². The average molecular weight is 330 g/mol. The molecule has 0 saturated heterocycles. The standard InChI is InChI=1S/C13H22N4O2S2/c1-3-4-5-6-7-8-9-14-13-16-11-12(20-10(2)15-11)21(18,19)17-13/h3-9H2,1-2H3,(H2,14,16,17). The molecule has 1 aliphatic rings. The Morgan fingerprint density at radius 1 is 1.19 bits per heavy atom. The van der Waals surface area contributed by atoms with Crippen LogP contribution in [0.15, 0.2) is 8.61 Å². The van der Waals surface area contributed by atoms with Crippen molar-refractivity contribution in [2.45, 2.75) is 56.6 Å². The van der Waals surface area contributed by atoms with E-state index in [0.29, 0.717) is 17.4 Å². The lowest BCUT2D eigenvalue weighted by Crippen LogP contribution is -2.35. The second-order valence-corrected chi connectivity index (χ2v) is 8.11. The van der Waals surface area contributed by atoms with Crippen LogP contribution in [0.2, 0.25) is 0 Å². The van der Waals surface area contributed by atoms with Gasteiger partial charge >= 0.3 is 0 Å². The van der Waals surface area contributed by atoms with Crippen LogP contribution in [0.3, 0.4) is 0 Å². The van der Waals surface area contributed by atoms with Crippen LogP contribution in [0.4, 0.5) is 5.82 Å². The molecule has 0 amide bonds. The number of hydrogen-bond donors (Lipinski definition) is 2. The molecule has 2 heterocycles. The number of sulfonamides is 1. The molecule has 0 unspecified atom stereocenters. The van der Waals surface area contributed by atoms with Gasteiger partial charge in [0.15, 0.2) is 10.0 Å². The lowest BCUT2D eigenvalue weighted by Gasteiger charge is -2.15. The molecular formula is C13H22N4O2S2. The number of aryl methyl sites for hydroxylation is 1. The van der Waals surface area contributed by atoms with Gasteiger partial charge in [-0.25, -0.2) is 4.98 Å². The van der Waals surface area contributed by atoms with Gasteiger partial charge in [0.25, 0.3) is 10.0 Å². The summed E-state index contributed by atoms with van der Waals surface area (Å²) in [6, 6.07) is 0. The van der Waals surface area contributed by atoms with Crippen LogP contribution in [-0.2, 0) is 10.0 Å². The summed E-state index contributed by atoms with van der Waals surface area (Å²) in [5, 5.41) is 6.70. The molecule has 0 aliphatic carbocycles. The number of guanidine groups is 1. The van der Waals surface area contributed by atoms with E-state index in [2.05, 4.69) is 26.9 Å². The van der Waals surface area contributed by atoms with E-state index in [1.807, 2.05) is 0 Å². The molecule has 21 heavy (non-hydrogen) atoms. The molecule has 0 radical (unpaired) electrons. The molecule has 118 valence electrons. The SMILES string of the molecule is CCCCCCCCNC1=NS(=O)(=O)c2sc(C)nc2N1. The van der Waals surface area contributed by atoms with Crippen molar-refractivity contribution in [1.29, 1.82) is 0 Å². The third-order valence-corrected chi connectivity index (χ3v) is 5.94. The van der Waals surface area contributed by atoms with Crippen molar-refractivity contribution in [3.05, 3.63) is 5.01 Å². The maximum atomic E-state index is 12.0. The van der Waals surface area contributed by atoms with Crippen LogP contribution in [0.5, 0.6) is 0 Å². The minimum absolute atomic E-state index is 0.199. The molecule has 1 aliphatic heterocycles. The lowest BCUT2D eigenvalue weighted by molar-refractivity contribution is 0.596. The van der Waals surface area contributed by atoms with E-state index < -0.39 is 10.0 Å². The van der Waals surface area contributed by atoms with Gasteiger partial charge in [-0.05, 0) is 13.3 Å². The Kier molecular flexibility index (Phi) is 5.58. The molecule has 0 aromatic carbocycles. The molecule has 0 saturated carbocycles. The van der Waals surface area contributed by atoms with Crippen molar-refractivity contribution >= 4 is 33.1 Å². The quantitative estimate of drug-likeness (QED) is 0.751. The van der Waals surface area contributed by atoms with Crippen LogP contribution in [-0.4, -0.2) is 25.9 Å². The topological polar surface area (TPSA) is 83.5 Å². The molecule has 2 rings (SSSR count). The summed E-state index contributed by atoms with van der Waals surface area (Å²) in [7, 11) is -3.61. The highest BCUT2D eigenvalue weighted by atomic mass is 32.2. The van der Waals surface area contributed by atoms with E-state index in [1.54, 1.807) is 6.92 Å². The first-order chi connectivity index (χ1) is 10.0. The van der Waals surface area contributed by atoms with Crippen molar-refractivity contribution in [3.8, 4) is 0 Å². The van der Waals surface area contributed by atoms with Crippen LogP contribution in [0.1, 0.15) is 50.5 Å². The predicted octanol–water partition coefficient (Wildman–Crippen LogP) is 2.87. The normalized spacial score (nSPS) is 16.0. The van der Waals surface area contributed by atoms with Gasteiger partial charge in [-0.1, -0.05) is 39.0 Å². The third-order valence-electron chi connectivity index (χ3n) is 3.21. The molecule has 1 aromatic heterocycles. The lowest BCUT2D eigenvalue weighted by atomic mass is 10.1. The number of thiazole rings is 1. The summed E-state index contributed by atoms with van der Waals surface area (Å²) in [4.78, 5) is 4.18. The van der Waals surface area contributed by atoms with Crippen LogP contribution < -0.4 is 10.6 Å². The number of fused-ring (bicyclic) bond motifs is 1. The fraction of sp³-hybridized carbons (Fsp3) is 0.692. The zero-order chi connectivity index (χ0) is 15.3. The van der Waals surface area contributed by atoms with Crippen molar-refractivity contribution in [2.24, 2.45) is 4.40 Å². The largest absolute Gasteiger partial charge is 0.355 e. The highest BCUT2D eigenvalue weighted by molar-refractivity contribution is 7.92.